The van der Waals surface area contributed by atoms with Gasteiger partial charge in [0, 0.05) is 43.4 Å². The van der Waals surface area contributed by atoms with Crippen LogP contribution in [0.15, 0.2) is 47.5 Å². The van der Waals surface area contributed by atoms with E-state index in [-0.39, 0.29) is 36.0 Å². The molecule has 2 amide bonds. The van der Waals surface area contributed by atoms with Gasteiger partial charge in [0.15, 0.2) is 5.82 Å². The van der Waals surface area contributed by atoms with Crippen molar-refractivity contribution in [2.45, 2.75) is 68.2 Å². The quantitative estimate of drug-likeness (QED) is 0.484. The van der Waals surface area contributed by atoms with E-state index in [0.717, 1.165) is 58.0 Å². The molecule has 1 aliphatic heterocycles. The largest absolute Gasteiger partial charge is 0.445 e. The standard InChI is InChI=1S/C28H34N4O4/c1-2-16-35-27(34)32(23-17-22(23)19-6-4-3-5-7-19)18-28(12-13-28)26-29-24(36-30-26)20-10-14-31(15-11-20)25(33)21-8-9-21/h2-7,20-23H,1,8-18H2/t22-,23+/m1/s1. The molecule has 3 saturated carbocycles. The highest BCUT2D eigenvalue weighted by Crippen LogP contribution is 2.52. The summed E-state index contributed by atoms with van der Waals surface area (Å²) in [5, 5.41) is 4.39. The summed E-state index contributed by atoms with van der Waals surface area (Å²) in [6, 6.07) is 10.5. The molecule has 1 saturated heterocycles. The molecule has 3 aliphatic carbocycles. The molecule has 2 heterocycles. The maximum atomic E-state index is 13.0. The van der Waals surface area contributed by atoms with Gasteiger partial charge < -0.3 is 19.1 Å². The average molecular weight is 491 g/mol. The minimum Gasteiger partial charge on any atom is -0.445 e. The van der Waals surface area contributed by atoms with E-state index in [2.05, 4.69) is 23.9 Å². The van der Waals surface area contributed by atoms with E-state index in [1.165, 1.54) is 5.56 Å². The van der Waals surface area contributed by atoms with Crippen LogP contribution in [0.1, 0.15) is 74.1 Å². The van der Waals surface area contributed by atoms with Crippen LogP contribution in [0, 0.1) is 5.92 Å². The number of ether oxygens (including phenoxy) is 1. The lowest BCUT2D eigenvalue weighted by atomic mass is 9.96. The number of nitrogens with zero attached hydrogens (tertiary/aromatic N) is 4. The van der Waals surface area contributed by atoms with E-state index >= 15 is 0 Å². The lowest BCUT2D eigenvalue weighted by Gasteiger charge is -2.30. The van der Waals surface area contributed by atoms with Gasteiger partial charge >= 0.3 is 6.09 Å². The highest BCUT2D eigenvalue weighted by atomic mass is 16.6. The van der Waals surface area contributed by atoms with Gasteiger partial charge in [-0.1, -0.05) is 48.1 Å². The number of amides is 2. The van der Waals surface area contributed by atoms with Crippen molar-refractivity contribution in [2.75, 3.05) is 26.2 Å². The molecule has 190 valence electrons. The Hall–Kier alpha value is -3.16. The Balaban J connectivity index is 1.13. The van der Waals surface area contributed by atoms with Gasteiger partial charge in [-0.3, -0.25) is 4.79 Å². The Morgan fingerprint density at radius 3 is 2.58 bits per heavy atom. The minimum absolute atomic E-state index is 0.113. The van der Waals surface area contributed by atoms with Gasteiger partial charge in [0.2, 0.25) is 11.8 Å². The maximum Gasteiger partial charge on any atom is 0.410 e. The molecule has 8 nitrogen and oxygen atoms in total. The first kappa shape index (κ1) is 23.3. The number of carbonyl (C=O) groups is 2. The van der Waals surface area contributed by atoms with Crippen LogP contribution in [0.25, 0.3) is 0 Å². The summed E-state index contributed by atoms with van der Waals surface area (Å²) in [5.41, 5.74) is 0.976. The first-order chi connectivity index (χ1) is 17.6. The summed E-state index contributed by atoms with van der Waals surface area (Å²) >= 11 is 0. The summed E-state index contributed by atoms with van der Waals surface area (Å²) in [4.78, 5) is 34.1. The zero-order valence-corrected chi connectivity index (χ0v) is 20.7. The third-order valence-electron chi connectivity index (χ3n) is 8.27. The predicted octanol–water partition coefficient (Wildman–Crippen LogP) is 4.40. The molecule has 0 N–H and O–H groups in total. The monoisotopic (exact) mass is 490 g/mol. The second-order valence-electron chi connectivity index (χ2n) is 10.9. The fourth-order valence-corrected chi connectivity index (χ4v) is 5.60. The molecular weight excluding hydrogens is 456 g/mol. The van der Waals surface area contributed by atoms with Crippen LogP contribution in [-0.2, 0) is 14.9 Å². The lowest BCUT2D eigenvalue weighted by molar-refractivity contribution is -0.133. The van der Waals surface area contributed by atoms with Crippen molar-refractivity contribution < 1.29 is 18.8 Å². The Kier molecular flexibility index (Phi) is 6.05. The SMILES string of the molecule is C=CCOC(=O)N(CC1(c2noc(C3CCN(C(=O)C4CC4)CC3)n2)CC1)[C@H]1C[C@@H]1c1ccccc1. The summed E-state index contributed by atoms with van der Waals surface area (Å²) in [6.07, 6.45) is 7.86. The first-order valence-corrected chi connectivity index (χ1v) is 13.3. The molecule has 36 heavy (non-hydrogen) atoms. The molecule has 2 atom stereocenters. The van der Waals surface area contributed by atoms with Gasteiger partial charge in [-0.2, -0.15) is 4.98 Å². The van der Waals surface area contributed by atoms with Crippen molar-refractivity contribution >= 4 is 12.0 Å². The molecule has 8 heteroatoms. The highest BCUT2D eigenvalue weighted by Gasteiger charge is 2.55. The summed E-state index contributed by atoms with van der Waals surface area (Å²) in [5.74, 6) is 2.46. The molecule has 0 bridgehead atoms. The third kappa shape index (κ3) is 4.65. The summed E-state index contributed by atoms with van der Waals surface area (Å²) in [6.45, 7) is 5.92. The zero-order valence-electron chi connectivity index (χ0n) is 20.7. The fraction of sp³-hybridized carbons (Fsp3) is 0.571. The molecule has 0 unspecified atom stereocenters. The number of rotatable bonds is 9. The van der Waals surface area contributed by atoms with Crippen molar-refractivity contribution in [3.63, 3.8) is 0 Å². The zero-order chi connectivity index (χ0) is 24.7. The van der Waals surface area contributed by atoms with Gasteiger partial charge in [0.05, 0.1) is 5.41 Å². The van der Waals surface area contributed by atoms with Gasteiger partial charge in [-0.15, -0.1) is 0 Å². The van der Waals surface area contributed by atoms with E-state index in [1.807, 2.05) is 28.0 Å². The van der Waals surface area contributed by atoms with Crippen LogP contribution < -0.4 is 0 Å². The normalized spacial score (nSPS) is 24.7. The Bertz CT molecular complexity index is 1120. The van der Waals surface area contributed by atoms with Crippen molar-refractivity contribution in [3.8, 4) is 0 Å². The highest BCUT2D eigenvalue weighted by molar-refractivity contribution is 5.81. The summed E-state index contributed by atoms with van der Waals surface area (Å²) < 4.78 is 11.2. The van der Waals surface area contributed by atoms with Crippen LogP contribution in [0.4, 0.5) is 4.79 Å². The maximum absolute atomic E-state index is 13.0. The molecule has 1 aromatic carbocycles. The number of likely N-dealkylation sites (tertiary alicyclic amines) is 1. The van der Waals surface area contributed by atoms with Gasteiger partial charge in [-0.25, -0.2) is 4.79 Å². The molecule has 4 aliphatic rings. The van der Waals surface area contributed by atoms with Gasteiger partial charge in [0.25, 0.3) is 0 Å². The van der Waals surface area contributed by atoms with E-state index in [9.17, 15) is 9.59 Å². The molecule has 0 radical (unpaired) electrons. The average Bonchev–Trinajstić information content (AvgIpc) is 3.82. The van der Waals surface area contributed by atoms with Crippen LogP contribution in [0.5, 0.6) is 0 Å². The number of carbonyl (C=O) groups excluding carboxylic acids is 2. The second-order valence-corrected chi connectivity index (χ2v) is 10.9. The topological polar surface area (TPSA) is 88.8 Å². The number of hydrogen-bond donors (Lipinski definition) is 0. The molecular formula is C28H34N4O4. The van der Waals surface area contributed by atoms with Crippen molar-refractivity contribution in [2.24, 2.45) is 5.92 Å². The first-order valence-electron chi connectivity index (χ1n) is 13.3. The number of aromatic nitrogens is 2. The number of piperidine rings is 1. The molecule has 6 rings (SSSR count). The molecule has 0 spiro atoms. The third-order valence-corrected chi connectivity index (χ3v) is 8.27. The van der Waals surface area contributed by atoms with Crippen LogP contribution in [0.3, 0.4) is 0 Å². The van der Waals surface area contributed by atoms with Gasteiger partial charge in [0.1, 0.15) is 6.61 Å². The van der Waals surface area contributed by atoms with Crippen LogP contribution >= 0.6 is 0 Å². The van der Waals surface area contributed by atoms with Crippen molar-refractivity contribution in [1.29, 1.82) is 0 Å². The summed E-state index contributed by atoms with van der Waals surface area (Å²) in [7, 11) is 0. The van der Waals surface area contributed by atoms with E-state index in [4.69, 9.17) is 14.2 Å². The lowest BCUT2D eigenvalue weighted by Crippen LogP contribution is -2.40. The molecule has 4 fully saturated rings. The Labute approximate surface area is 211 Å². The number of benzene rings is 1. The van der Waals surface area contributed by atoms with E-state index < -0.39 is 0 Å². The Morgan fingerprint density at radius 2 is 1.92 bits per heavy atom. The predicted molar refractivity (Wildman–Crippen MR) is 132 cm³/mol. The molecule has 1 aromatic heterocycles. The number of hydrogen-bond acceptors (Lipinski definition) is 6. The van der Waals surface area contributed by atoms with E-state index in [0.29, 0.717) is 30.1 Å². The molecule has 2 aromatic rings. The second kappa shape index (κ2) is 9.37. The van der Waals surface area contributed by atoms with E-state index in [1.54, 1.807) is 6.08 Å². The van der Waals surface area contributed by atoms with Crippen LogP contribution in [0.2, 0.25) is 0 Å². The van der Waals surface area contributed by atoms with Crippen LogP contribution in [-0.4, -0.2) is 64.2 Å². The van der Waals surface area contributed by atoms with Crippen molar-refractivity contribution in [3.05, 3.63) is 60.3 Å². The Morgan fingerprint density at radius 1 is 1.17 bits per heavy atom. The smallest absolute Gasteiger partial charge is 0.410 e. The van der Waals surface area contributed by atoms with Gasteiger partial charge in [-0.05, 0) is 50.5 Å². The minimum atomic E-state index is -0.305. The van der Waals surface area contributed by atoms with Crippen molar-refractivity contribution in [1.82, 2.24) is 19.9 Å². The fourth-order valence-electron chi connectivity index (χ4n) is 5.60.